The molecular weight excluding hydrogens is 453 g/mol. The molecule has 1 fully saturated rings. The molecule has 0 unspecified atom stereocenters. The number of rotatable bonds is 4. The van der Waals surface area contributed by atoms with Crippen molar-refractivity contribution in [2.45, 2.75) is 19.1 Å². The van der Waals surface area contributed by atoms with E-state index in [-0.39, 0.29) is 30.1 Å². The molecule has 0 spiro atoms. The lowest BCUT2D eigenvalue weighted by atomic mass is 10.1. The lowest BCUT2D eigenvalue weighted by molar-refractivity contribution is -0.137. The minimum atomic E-state index is -4.45. The average Bonchev–Trinajstić information content (AvgIpc) is 3.52. The Hall–Kier alpha value is -3.60. The summed E-state index contributed by atoms with van der Waals surface area (Å²) in [6.07, 6.45) is -4.45. The number of piperazine rings is 1. The number of ether oxygens (including phenoxy) is 2. The van der Waals surface area contributed by atoms with Gasteiger partial charge in [-0.25, -0.2) is 0 Å². The summed E-state index contributed by atoms with van der Waals surface area (Å²) in [5.41, 5.74) is -0.00260. The van der Waals surface area contributed by atoms with E-state index in [2.05, 4.69) is 15.0 Å². The molecule has 0 saturated carbocycles. The number of fused-ring (bicyclic) bond motifs is 1. The highest BCUT2D eigenvalue weighted by Gasteiger charge is 2.32. The number of carbonyl (C=O) groups excluding carboxylic acids is 1. The van der Waals surface area contributed by atoms with Crippen molar-refractivity contribution >= 4 is 5.91 Å². The first-order valence-corrected chi connectivity index (χ1v) is 10.7. The van der Waals surface area contributed by atoms with Crippen molar-refractivity contribution in [2.24, 2.45) is 0 Å². The van der Waals surface area contributed by atoms with Crippen LogP contribution in [-0.4, -0.2) is 58.8 Å². The van der Waals surface area contributed by atoms with Gasteiger partial charge in [-0.1, -0.05) is 17.3 Å². The largest absolute Gasteiger partial charge is 0.454 e. The molecule has 3 heterocycles. The zero-order chi connectivity index (χ0) is 23.9. The summed E-state index contributed by atoms with van der Waals surface area (Å²) in [5.74, 6) is 1.51. The third kappa shape index (κ3) is 4.30. The van der Waals surface area contributed by atoms with Crippen LogP contribution in [0.4, 0.5) is 13.2 Å². The van der Waals surface area contributed by atoms with E-state index in [0.29, 0.717) is 49.1 Å². The molecular formula is C23H21F3N4O4. The number of benzene rings is 2. The molecule has 5 rings (SSSR count). The highest BCUT2D eigenvalue weighted by atomic mass is 19.4. The molecule has 2 aliphatic rings. The van der Waals surface area contributed by atoms with Crippen LogP contribution in [0.2, 0.25) is 0 Å². The molecule has 3 aromatic rings. The van der Waals surface area contributed by atoms with Gasteiger partial charge < -0.3 is 18.9 Å². The Balaban J connectivity index is 1.22. The van der Waals surface area contributed by atoms with E-state index < -0.39 is 11.7 Å². The van der Waals surface area contributed by atoms with E-state index in [1.54, 1.807) is 23.1 Å². The number of alkyl halides is 3. The van der Waals surface area contributed by atoms with Crippen molar-refractivity contribution in [1.82, 2.24) is 19.9 Å². The Kier molecular flexibility index (Phi) is 5.64. The van der Waals surface area contributed by atoms with Crippen molar-refractivity contribution in [1.29, 1.82) is 0 Å². The second-order valence-electron chi connectivity index (χ2n) is 8.11. The first-order valence-electron chi connectivity index (χ1n) is 10.7. The van der Waals surface area contributed by atoms with Crippen LogP contribution in [0.25, 0.3) is 11.4 Å². The number of amides is 1. The van der Waals surface area contributed by atoms with E-state index in [9.17, 15) is 18.0 Å². The summed E-state index contributed by atoms with van der Waals surface area (Å²) in [6, 6.07) is 9.70. The van der Waals surface area contributed by atoms with Crippen molar-refractivity contribution in [3.63, 3.8) is 0 Å². The van der Waals surface area contributed by atoms with Crippen molar-refractivity contribution in [2.75, 3.05) is 33.0 Å². The highest BCUT2D eigenvalue weighted by Crippen LogP contribution is 2.34. The molecule has 1 atom stereocenters. The Labute approximate surface area is 192 Å². The van der Waals surface area contributed by atoms with Crippen molar-refractivity contribution in [3.8, 4) is 22.9 Å². The van der Waals surface area contributed by atoms with Gasteiger partial charge in [0.05, 0.1) is 11.6 Å². The van der Waals surface area contributed by atoms with E-state index >= 15 is 0 Å². The summed E-state index contributed by atoms with van der Waals surface area (Å²) in [6.45, 7) is 4.21. The first-order chi connectivity index (χ1) is 16.3. The van der Waals surface area contributed by atoms with Crippen LogP contribution in [0, 0.1) is 0 Å². The Morgan fingerprint density at radius 2 is 1.79 bits per heavy atom. The van der Waals surface area contributed by atoms with Gasteiger partial charge in [-0.3, -0.25) is 9.69 Å². The lowest BCUT2D eigenvalue weighted by Gasteiger charge is -2.36. The van der Waals surface area contributed by atoms with Crippen LogP contribution in [0.15, 0.2) is 47.0 Å². The molecule has 0 bridgehead atoms. The number of hydrogen-bond acceptors (Lipinski definition) is 7. The molecule has 2 aliphatic heterocycles. The topological polar surface area (TPSA) is 80.9 Å². The summed E-state index contributed by atoms with van der Waals surface area (Å²) in [5, 5.41) is 3.87. The average molecular weight is 474 g/mol. The van der Waals surface area contributed by atoms with Crippen LogP contribution >= 0.6 is 0 Å². The number of halogens is 3. The maximum Gasteiger partial charge on any atom is 0.416 e. The molecule has 8 nitrogen and oxygen atoms in total. The molecule has 0 aliphatic carbocycles. The fourth-order valence-corrected chi connectivity index (χ4v) is 4.04. The van der Waals surface area contributed by atoms with Crippen molar-refractivity contribution < 1.29 is 32.0 Å². The Bertz CT molecular complexity index is 1200. The van der Waals surface area contributed by atoms with Gasteiger partial charge in [-0.05, 0) is 37.3 Å². The SMILES string of the molecule is C[C@@H](c1nc(-c2cccc(C(F)(F)F)c2)no1)N1CCN(C(=O)c2ccc3c(c2)OCO3)CC1. The zero-order valence-corrected chi connectivity index (χ0v) is 18.2. The molecule has 11 heteroatoms. The molecule has 2 aromatic carbocycles. The van der Waals surface area contributed by atoms with E-state index in [1.165, 1.54) is 12.1 Å². The van der Waals surface area contributed by atoms with E-state index in [0.717, 1.165) is 12.1 Å². The number of nitrogens with zero attached hydrogens (tertiary/aromatic N) is 4. The smallest absolute Gasteiger partial charge is 0.416 e. The quantitative estimate of drug-likeness (QED) is 0.565. The normalized spacial score (nSPS) is 17.1. The maximum atomic E-state index is 13.0. The zero-order valence-electron chi connectivity index (χ0n) is 18.2. The molecule has 0 radical (unpaired) electrons. The monoisotopic (exact) mass is 474 g/mol. The lowest BCUT2D eigenvalue weighted by Crippen LogP contribution is -2.49. The van der Waals surface area contributed by atoms with Gasteiger partial charge in [-0.15, -0.1) is 0 Å². The third-order valence-corrected chi connectivity index (χ3v) is 6.02. The summed E-state index contributed by atoms with van der Waals surface area (Å²) in [7, 11) is 0. The van der Waals surface area contributed by atoms with E-state index in [1.807, 2.05) is 6.92 Å². The van der Waals surface area contributed by atoms with Crippen LogP contribution < -0.4 is 9.47 Å². The molecule has 0 N–H and O–H groups in total. The summed E-state index contributed by atoms with van der Waals surface area (Å²) >= 11 is 0. The predicted octanol–water partition coefficient (Wildman–Crippen LogP) is 4.00. The Morgan fingerprint density at radius 3 is 2.56 bits per heavy atom. The Morgan fingerprint density at radius 1 is 1.03 bits per heavy atom. The van der Waals surface area contributed by atoms with Gasteiger partial charge in [0.25, 0.3) is 5.91 Å². The molecule has 178 valence electrons. The maximum absolute atomic E-state index is 13.0. The number of aromatic nitrogens is 2. The second kappa shape index (κ2) is 8.64. The third-order valence-electron chi connectivity index (χ3n) is 6.02. The fraction of sp³-hybridized carbons (Fsp3) is 0.348. The minimum absolute atomic E-state index is 0.0878. The van der Waals surface area contributed by atoms with Gasteiger partial charge in [0, 0.05) is 37.3 Å². The van der Waals surface area contributed by atoms with Crippen LogP contribution in [0.5, 0.6) is 11.5 Å². The van der Waals surface area contributed by atoms with Gasteiger partial charge >= 0.3 is 6.18 Å². The number of carbonyl (C=O) groups is 1. The van der Waals surface area contributed by atoms with E-state index in [4.69, 9.17) is 14.0 Å². The first kappa shape index (κ1) is 22.2. The van der Waals surface area contributed by atoms with Crippen LogP contribution in [0.3, 0.4) is 0 Å². The summed E-state index contributed by atoms with van der Waals surface area (Å²) < 4.78 is 55.0. The van der Waals surface area contributed by atoms with Gasteiger partial charge in [-0.2, -0.15) is 18.2 Å². The van der Waals surface area contributed by atoms with Crippen LogP contribution in [-0.2, 0) is 6.18 Å². The van der Waals surface area contributed by atoms with Gasteiger partial charge in [0.15, 0.2) is 11.5 Å². The fourth-order valence-electron chi connectivity index (χ4n) is 4.04. The standard InChI is InChI=1S/C23H21F3N4O4/c1-14(21-27-20(28-34-21)15-3-2-4-17(11-15)23(24,25)26)29-7-9-30(10-8-29)22(31)16-5-6-18-19(12-16)33-13-32-18/h2-6,11-12,14H,7-10,13H2,1H3/t14-/m0/s1. The predicted molar refractivity (Wildman–Crippen MR) is 113 cm³/mol. The second-order valence-corrected chi connectivity index (χ2v) is 8.11. The van der Waals surface area contributed by atoms with Crippen molar-refractivity contribution in [3.05, 3.63) is 59.5 Å². The molecule has 34 heavy (non-hydrogen) atoms. The van der Waals surface area contributed by atoms with Crippen LogP contribution in [0.1, 0.15) is 34.8 Å². The molecule has 1 amide bonds. The minimum Gasteiger partial charge on any atom is -0.454 e. The molecule has 1 aromatic heterocycles. The summed E-state index contributed by atoms with van der Waals surface area (Å²) in [4.78, 5) is 21.1. The van der Waals surface area contributed by atoms with Gasteiger partial charge in [0.1, 0.15) is 0 Å². The van der Waals surface area contributed by atoms with Gasteiger partial charge in [0.2, 0.25) is 18.5 Å². The highest BCUT2D eigenvalue weighted by molar-refractivity contribution is 5.95. The number of hydrogen-bond donors (Lipinski definition) is 0. The molecule has 1 saturated heterocycles.